The third kappa shape index (κ3) is 4.30. The lowest BCUT2D eigenvalue weighted by Gasteiger charge is -2.29. The molecule has 0 radical (unpaired) electrons. The first-order valence-corrected chi connectivity index (χ1v) is 8.06. The Morgan fingerprint density at radius 3 is 2.52 bits per heavy atom. The minimum atomic E-state index is -0.804. The van der Waals surface area contributed by atoms with Crippen LogP contribution in [0.1, 0.15) is 58.3 Å². The molecule has 120 valence electrons. The van der Waals surface area contributed by atoms with Gasteiger partial charge in [-0.15, -0.1) is 0 Å². The van der Waals surface area contributed by atoms with E-state index in [0.29, 0.717) is 19.4 Å². The van der Waals surface area contributed by atoms with Crippen molar-refractivity contribution in [2.45, 2.75) is 71.9 Å². The van der Waals surface area contributed by atoms with Crippen LogP contribution < -0.4 is 5.32 Å². The van der Waals surface area contributed by atoms with Crippen LogP contribution in [-0.4, -0.2) is 32.9 Å². The molecule has 1 atom stereocenters. The van der Waals surface area contributed by atoms with Crippen molar-refractivity contribution in [3.05, 3.63) is 17.5 Å². The predicted molar refractivity (Wildman–Crippen MR) is 84.6 cm³/mol. The Balaban J connectivity index is 2.69. The molecule has 0 aliphatic carbocycles. The molecular weight excluding hydrogens is 266 g/mol. The molecule has 0 aliphatic rings. The molecule has 0 saturated carbocycles. The van der Waals surface area contributed by atoms with E-state index in [2.05, 4.69) is 30.3 Å². The van der Waals surface area contributed by atoms with Gasteiger partial charge in [-0.2, -0.15) is 5.10 Å². The summed E-state index contributed by atoms with van der Waals surface area (Å²) >= 11 is 0. The molecule has 1 aromatic heterocycles. The van der Waals surface area contributed by atoms with Crippen molar-refractivity contribution in [2.24, 2.45) is 0 Å². The topological polar surface area (TPSA) is 67.2 Å². The Hall–Kier alpha value is -1.36. The highest BCUT2D eigenvalue weighted by Gasteiger charge is 2.34. The first-order valence-electron chi connectivity index (χ1n) is 8.06. The molecule has 0 spiro atoms. The van der Waals surface area contributed by atoms with Gasteiger partial charge in [-0.1, -0.05) is 27.7 Å². The maximum atomic E-state index is 11.6. The number of carboxylic acids is 1. The number of likely N-dealkylation sites (N-methyl/N-ethyl adjacent to an activating group) is 1. The van der Waals surface area contributed by atoms with Crippen LogP contribution in [0.15, 0.2) is 6.07 Å². The number of carbonyl (C=O) groups is 1. The second-order valence-electron chi connectivity index (χ2n) is 5.43. The summed E-state index contributed by atoms with van der Waals surface area (Å²) in [4.78, 5) is 11.6. The summed E-state index contributed by atoms with van der Waals surface area (Å²) in [6.45, 7) is 9.55. The van der Waals surface area contributed by atoms with E-state index in [1.54, 1.807) is 0 Å². The van der Waals surface area contributed by atoms with Crippen LogP contribution in [0.25, 0.3) is 0 Å². The molecule has 0 saturated heterocycles. The SMILES string of the molecule is CCNC(CC)(CCCn1nc(CC)cc1CC)C(=O)O. The van der Waals surface area contributed by atoms with Gasteiger partial charge in [0.25, 0.3) is 0 Å². The number of aromatic nitrogens is 2. The molecule has 5 heteroatoms. The van der Waals surface area contributed by atoms with E-state index in [4.69, 9.17) is 0 Å². The van der Waals surface area contributed by atoms with Gasteiger partial charge in [0.05, 0.1) is 5.69 Å². The zero-order chi connectivity index (χ0) is 15.9. The molecule has 5 nitrogen and oxygen atoms in total. The van der Waals surface area contributed by atoms with Gasteiger partial charge in [0.1, 0.15) is 5.54 Å². The van der Waals surface area contributed by atoms with Gasteiger partial charge in [-0.25, -0.2) is 0 Å². The van der Waals surface area contributed by atoms with Crippen molar-refractivity contribution in [3.63, 3.8) is 0 Å². The molecule has 0 amide bonds. The molecule has 1 aromatic rings. The Labute approximate surface area is 127 Å². The molecule has 0 bridgehead atoms. The van der Waals surface area contributed by atoms with Crippen molar-refractivity contribution in [2.75, 3.05) is 6.54 Å². The van der Waals surface area contributed by atoms with Crippen LogP contribution >= 0.6 is 0 Å². The van der Waals surface area contributed by atoms with E-state index in [-0.39, 0.29) is 0 Å². The number of hydrogen-bond acceptors (Lipinski definition) is 3. The molecule has 2 N–H and O–H groups in total. The highest BCUT2D eigenvalue weighted by atomic mass is 16.4. The highest BCUT2D eigenvalue weighted by molar-refractivity contribution is 5.78. The van der Waals surface area contributed by atoms with E-state index in [1.807, 2.05) is 18.5 Å². The fourth-order valence-corrected chi connectivity index (χ4v) is 2.76. The smallest absolute Gasteiger partial charge is 0.323 e. The van der Waals surface area contributed by atoms with Crippen LogP contribution in [0.3, 0.4) is 0 Å². The lowest BCUT2D eigenvalue weighted by molar-refractivity contribution is -0.145. The van der Waals surface area contributed by atoms with Crippen LogP contribution in [0, 0.1) is 0 Å². The van der Waals surface area contributed by atoms with E-state index in [9.17, 15) is 9.90 Å². The fraction of sp³-hybridized carbons (Fsp3) is 0.750. The standard InChI is InChI=1S/C16H29N3O2/c1-5-13-12-14(6-2)19(18-13)11-9-10-16(7-3,15(20)21)17-8-4/h12,17H,5-11H2,1-4H3,(H,20,21). The summed E-state index contributed by atoms with van der Waals surface area (Å²) < 4.78 is 2.03. The Kier molecular flexibility index (Phi) is 6.89. The lowest BCUT2D eigenvalue weighted by atomic mass is 9.90. The van der Waals surface area contributed by atoms with Crippen LogP contribution in [-0.2, 0) is 24.2 Å². The molecule has 1 heterocycles. The molecule has 1 rings (SSSR count). The minimum absolute atomic E-state index is 0.593. The van der Waals surface area contributed by atoms with Crippen molar-refractivity contribution >= 4 is 5.97 Å². The van der Waals surface area contributed by atoms with E-state index in [0.717, 1.165) is 31.5 Å². The third-order valence-electron chi connectivity index (χ3n) is 4.14. The number of rotatable bonds is 10. The summed E-state index contributed by atoms with van der Waals surface area (Å²) in [5, 5.41) is 17.2. The highest BCUT2D eigenvalue weighted by Crippen LogP contribution is 2.19. The number of hydrogen-bond donors (Lipinski definition) is 2. The van der Waals surface area contributed by atoms with Crippen molar-refractivity contribution in [3.8, 4) is 0 Å². The van der Waals surface area contributed by atoms with Crippen LogP contribution in [0.2, 0.25) is 0 Å². The second kappa shape index (κ2) is 8.17. The molecule has 0 aliphatic heterocycles. The minimum Gasteiger partial charge on any atom is -0.480 e. The number of aryl methyl sites for hydroxylation is 3. The van der Waals surface area contributed by atoms with E-state index >= 15 is 0 Å². The number of carboxylic acid groups (broad SMARTS) is 1. The molecule has 1 unspecified atom stereocenters. The van der Waals surface area contributed by atoms with Crippen molar-refractivity contribution in [1.29, 1.82) is 0 Å². The van der Waals surface area contributed by atoms with Gasteiger partial charge in [-0.05, 0) is 44.7 Å². The van der Waals surface area contributed by atoms with Gasteiger partial charge in [0.15, 0.2) is 0 Å². The first kappa shape index (κ1) is 17.7. The fourth-order valence-electron chi connectivity index (χ4n) is 2.76. The molecule has 0 aromatic carbocycles. The zero-order valence-electron chi connectivity index (χ0n) is 13.8. The number of nitrogens with one attached hydrogen (secondary N) is 1. The lowest BCUT2D eigenvalue weighted by Crippen LogP contribution is -2.51. The van der Waals surface area contributed by atoms with Gasteiger partial charge in [0, 0.05) is 12.2 Å². The summed E-state index contributed by atoms with van der Waals surface area (Å²) in [5.74, 6) is -0.753. The van der Waals surface area contributed by atoms with Gasteiger partial charge >= 0.3 is 5.97 Å². The second-order valence-corrected chi connectivity index (χ2v) is 5.43. The number of nitrogens with zero attached hydrogens (tertiary/aromatic N) is 2. The van der Waals surface area contributed by atoms with Crippen molar-refractivity contribution in [1.82, 2.24) is 15.1 Å². The Morgan fingerprint density at radius 1 is 1.33 bits per heavy atom. The maximum absolute atomic E-state index is 11.6. The van der Waals surface area contributed by atoms with E-state index in [1.165, 1.54) is 5.69 Å². The summed E-state index contributed by atoms with van der Waals surface area (Å²) in [6.07, 6.45) is 3.92. The normalized spacial score (nSPS) is 14.1. The molecule has 0 fully saturated rings. The predicted octanol–water partition coefficient (Wildman–Crippen LogP) is 2.63. The Bertz CT molecular complexity index is 456. The molecule has 21 heavy (non-hydrogen) atoms. The molecular formula is C16H29N3O2. The van der Waals surface area contributed by atoms with Crippen molar-refractivity contribution < 1.29 is 9.90 Å². The summed E-state index contributed by atoms with van der Waals surface area (Å²) in [5.41, 5.74) is 1.54. The summed E-state index contributed by atoms with van der Waals surface area (Å²) in [6, 6.07) is 2.15. The quantitative estimate of drug-likeness (QED) is 0.696. The maximum Gasteiger partial charge on any atom is 0.323 e. The number of aliphatic carboxylic acids is 1. The van der Waals surface area contributed by atoms with Gasteiger partial charge in [0.2, 0.25) is 0 Å². The van der Waals surface area contributed by atoms with Gasteiger partial charge < -0.3 is 10.4 Å². The Morgan fingerprint density at radius 2 is 2.05 bits per heavy atom. The summed E-state index contributed by atoms with van der Waals surface area (Å²) in [7, 11) is 0. The average Bonchev–Trinajstić information content (AvgIpc) is 2.88. The first-order chi connectivity index (χ1) is 10.0. The van der Waals surface area contributed by atoms with Crippen LogP contribution in [0.4, 0.5) is 0 Å². The van der Waals surface area contributed by atoms with E-state index < -0.39 is 11.5 Å². The largest absolute Gasteiger partial charge is 0.480 e. The van der Waals surface area contributed by atoms with Crippen LogP contribution in [0.5, 0.6) is 0 Å². The monoisotopic (exact) mass is 295 g/mol. The zero-order valence-corrected chi connectivity index (χ0v) is 13.8. The average molecular weight is 295 g/mol. The third-order valence-corrected chi connectivity index (χ3v) is 4.14. The van der Waals surface area contributed by atoms with Gasteiger partial charge in [-0.3, -0.25) is 9.48 Å².